The maximum absolute atomic E-state index is 14.5. The van der Waals surface area contributed by atoms with Crippen LogP contribution in [0.15, 0.2) is 182 Å². The molecule has 12 rings (SSSR count). The quantitative estimate of drug-likeness (QED) is 0.149. The van der Waals surface area contributed by atoms with Crippen LogP contribution in [0, 0.1) is 50.4 Å². The van der Waals surface area contributed by atoms with Gasteiger partial charge in [0.2, 0.25) is 0 Å². The molecule has 0 bridgehead atoms. The van der Waals surface area contributed by atoms with Gasteiger partial charge in [-0.15, -0.1) is 0 Å². The van der Waals surface area contributed by atoms with Gasteiger partial charge in [0.25, 0.3) is 0 Å². The first-order valence-corrected chi connectivity index (χ1v) is 26.7. The number of halogens is 12. The van der Waals surface area contributed by atoms with Crippen LogP contribution in [-0.4, -0.2) is 9.13 Å². The van der Waals surface area contributed by atoms with Crippen molar-refractivity contribution in [3.63, 3.8) is 0 Å². The molecule has 0 aliphatic heterocycles. The van der Waals surface area contributed by atoms with Crippen molar-refractivity contribution in [2.45, 2.75) is 52.4 Å². The van der Waals surface area contributed by atoms with Crippen LogP contribution in [0.5, 0.6) is 0 Å². The minimum absolute atomic E-state index is 0.0657. The highest BCUT2D eigenvalue weighted by molar-refractivity contribution is 6.13. The topological polar surface area (TPSA) is 57.4 Å². The lowest BCUT2D eigenvalue weighted by Crippen LogP contribution is -2.06. The molecule has 86 heavy (non-hydrogen) atoms. The zero-order chi connectivity index (χ0) is 61.1. The summed E-state index contributed by atoms with van der Waals surface area (Å²) in [7, 11) is 0. The van der Waals surface area contributed by atoms with E-state index in [1.165, 1.54) is 27.7 Å². The van der Waals surface area contributed by atoms with Crippen LogP contribution in [0.1, 0.15) is 55.6 Å². The highest BCUT2D eigenvalue weighted by Gasteiger charge is 2.35. The zero-order valence-electron chi connectivity index (χ0n) is 45.6. The Bertz CT molecular complexity index is 4390. The Morgan fingerprint density at radius 2 is 0.570 bits per heavy atom. The molecule has 0 unspecified atom stereocenters. The Morgan fingerprint density at radius 3 is 0.837 bits per heavy atom. The van der Waals surface area contributed by atoms with Crippen molar-refractivity contribution in [2.24, 2.45) is 0 Å². The summed E-state index contributed by atoms with van der Waals surface area (Å²) in [5.41, 5.74) is 2.45. The molecule has 0 aliphatic rings. The van der Waals surface area contributed by atoms with Gasteiger partial charge < -0.3 is 9.13 Å². The smallest absolute Gasteiger partial charge is 0.308 e. The fourth-order valence-corrected chi connectivity index (χ4v) is 11.7. The van der Waals surface area contributed by atoms with E-state index in [1.54, 1.807) is 143 Å². The summed E-state index contributed by atoms with van der Waals surface area (Å²) in [4.78, 5) is 0. The van der Waals surface area contributed by atoms with Crippen molar-refractivity contribution < 1.29 is 52.7 Å². The second-order valence-electron chi connectivity index (χ2n) is 21.6. The van der Waals surface area contributed by atoms with Crippen LogP contribution in [0.3, 0.4) is 0 Å². The van der Waals surface area contributed by atoms with Crippen LogP contribution in [0.25, 0.3) is 111 Å². The Hall–Kier alpha value is -10.1. The lowest BCUT2D eigenvalue weighted by molar-refractivity contribution is -0.138. The van der Waals surface area contributed by atoms with Gasteiger partial charge in [-0.05, 0) is 203 Å². The van der Waals surface area contributed by atoms with Gasteiger partial charge in [-0.2, -0.15) is 63.2 Å². The number of aryl methyl sites for hydroxylation is 4. The molecule has 0 spiro atoms. The summed E-state index contributed by atoms with van der Waals surface area (Å²) in [6.07, 6.45) is -18.9. The van der Waals surface area contributed by atoms with Crippen LogP contribution in [0.2, 0.25) is 0 Å². The van der Waals surface area contributed by atoms with Gasteiger partial charge in [0.1, 0.15) is 11.6 Å². The van der Waals surface area contributed by atoms with Crippen molar-refractivity contribution in [3.8, 4) is 79.1 Å². The Balaban J connectivity index is 1.24. The predicted molar refractivity (Wildman–Crippen MR) is 311 cm³/mol. The molecule has 0 saturated carbocycles. The van der Waals surface area contributed by atoms with Gasteiger partial charge in [-0.25, -0.2) is 0 Å². The Labute approximate surface area is 483 Å². The monoisotopic (exact) mass is 1170 g/mol. The Morgan fingerprint density at radius 1 is 0.291 bits per heavy atom. The fraction of sp³-hybridized carbons (Fsp3) is 0.114. The van der Waals surface area contributed by atoms with E-state index in [4.69, 9.17) is 0 Å². The Kier molecular flexibility index (Phi) is 13.3. The summed E-state index contributed by atoms with van der Waals surface area (Å²) in [5, 5.41) is 24.3. The summed E-state index contributed by atoms with van der Waals surface area (Å²) in [5.74, 6) is 0. The normalized spacial score (nSPS) is 12.4. The fourth-order valence-electron chi connectivity index (χ4n) is 11.7. The van der Waals surface area contributed by atoms with E-state index in [2.05, 4.69) is 12.1 Å². The summed E-state index contributed by atoms with van der Waals surface area (Å²) >= 11 is 0. The highest BCUT2D eigenvalue weighted by atomic mass is 19.4. The first kappa shape index (κ1) is 56.4. The van der Waals surface area contributed by atoms with Crippen molar-refractivity contribution in [3.05, 3.63) is 238 Å². The minimum Gasteiger partial charge on any atom is -0.308 e. The van der Waals surface area contributed by atoms with E-state index in [9.17, 15) is 63.2 Å². The van der Waals surface area contributed by atoms with Gasteiger partial charge in [0, 0.05) is 21.5 Å². The SMILES string of the molecule is Cc1cc(-c2ccc3c4ccc(-c5cc(C)cc(C(F)(F)F)c5)cc4n(-c4cc(-c5cccc(C#N)c5)cc(-n5c6cc(-c7cc(C)cc(C(F)(F)F)c7)ccc6c6ccc(-c7cc(C)cc(C(F)(F)F)c7)cc65)c4C#N)c3c2)cc(C(F)(F)F)c1. The molecule has 0 fully saturated rings. The van der Waals surface area contributed by atoms with Crippen LogP contribution >= 0.6 is 0 Å². The molecule has 0 radical (unpaired) electrons. The molecule has 4 nitrogen and oxygen atoms in total. The zero-order valence-corrected chi connectivity index (χ0v) is 45.6. The van der Waals surface area contributed by atoms with Crippen LogP contribution in [0.4, 0.5) is 52.7 Å². The van der Waals surface area contributed by atoms with E-state index in [0.717, 1.165) is 48.5 Å². The third-order valence-corrected chi connectivity index (χ3v) is 15.5. The standard InChI is InChI=1S/C70H42F12N4/c1-37-16-47(25-52(20-37)67(71,72)73)43-8-12-56-57-13-9-44(48-17-38(2)21-53(26-48)68(74,75)76)30-62(57)85(61(56)29-43)65-33-51(42-7-5-6-41(24-42)35-83)34-66(60(65)36-84)86-63-31-45(49-18-39(3)22-54(27-49)69(77,78)79)10-14-58(63)59-15-11-46(32-64(59)86)50-19-40(4)23-55(28-50)70(80,81)82/h5-34H,1-4H3. The number of nitriles is 2. The second kappa shape index (κ2) is 20.3. The molecule has 0 amide bonds. The minimum atomic E-state index is -4.72. The maximum Gasteiger partial charge on any atom is 0.416 e. The van der Waals surface area contributed by atoms with Gasteiger partial charge in [-0.1, -0.05) is 84.9 Å². The van der Waals surface area contributed by atoms with E-state index < -0.39 is 47.0 Å². The number of alkyl halides is 12. The van der Waals surface area contributed by atoms with Gasteiger partial charge >= 0.3 is 24.7 Å². The molecule has 10 aromatic carbocycles. The molecule has 2 heterocycles. The maximum atomic E-state index is 14.5. The molecule has 0 N–H and O–H groups in total. The third kappa shape index (κ3) is 10.2. The highest BCUT2D eigenvalue weighted by Crippen LogP contribution is 2.46. The van der Waals surface area contributed by atoms with E-state index >= 15 is 0 Å². The third-order valence-electron chi connectivity index (χ3n) is 15.5. The number of fused-ring (bicyclic) bond motifs is 6. The van der Waals surface area contributed by atoms with Crippen molar-refractivity contribution in [1.29, 1.82) is 10.5 Å². The number of hydrogen-bond donors (Lipinski definition) is 0. The molecular formula is C70H42F12N4. The van der Waals surface area contributed by atoms with E-state index in [1.807, 2.05) is 0 Å². The lowest BCUT2D eigenvalue weighted by atomic mass is 9.97. The first-order valence-electron chi connectivity index (χ1n) is 26.7. The number of benzene rings is 10. The van der Waals surface area contributed by atoms with Crippen molar-refractivity contribution in [1.82, 2.24) is 9.13 Å². The van der Waals surface area contributed by atoms with Crippen molar-refractivity contribution in [2.75, 3.05) is 0 Å². The molecule has 0 aliphatic carbocycles. The molecule has 12 aromatic rings. The molecule has 2 aromatic heterocycles. The largest absolute Gasteiger partial charge is 0.416 e. The van der Waals surface area contributed by atoms with Crippen LogP contribution in [-0.2, 0) is 24.7 Å². The van der Waals surface area contributed by atoms with E-state index in [0.29, 0.717) is 99.2 Å². The van der Waals surface area contributed by atoms with E-state index in [-0.39, 0.29) is 44.8 Å². The number of aromatic nitrogens is 2. The number of hydrogen-bond acceptors (Lipinski definition) is 2. The van der Waals surface area contributed by atoms with Crippen molar-refractivity contribution >= 4 is 43.6 Å². The number of rotatable bonds is 7. The first-order chi connectivity index (χ1) is 40.6. The predicted octanol–water partition coefficient (Wildman–Crippen LogP) is 21.3. The van der Waals surface area contributed by atoms with Gasteiger partial charge in [-0.3, -0.25) is 0 Å². The lowest BCUT2D eigenvalue weighted by Gasteiger charge is -2.19. The van der Waals surface area contributed by atoms with Gasteiger partial charge in [0.05, 0.1) is 67.3 Å². The molecule has 16 heteroatoms. The number of nitrogens with zero attached hydrogens (tertiary/aromatic N) is 4. The summed E-state index contributed by atoms with van der Waals surface area (Å²) in [6, 6.07) is 49.1. The average molecular weight is 1170 g/mol. The molecular weight excluding hydrogens is 1120 g/mol. The molecule has 426 valence electrons. The molecule has 0 atom stereocenters. The molecule has 0 saturated heterocycles. The summed E-state index contributed by atoms with van der Waals surface area (Å²) < 4.78 is 177. The summed E-state index contributed by atoms with van der Waals surface area (Å²) in [6.45, 7) is 6.11. The van der Waals surface area contributed by atoms with Gasteiger partial charge in [0.15, 0.2) is 0 Å². The van der Waals surface area contributed by atoms with Crippen LogP contribution < -0.4 is 0 Å². The average Bonchev–Trinajstić information content (AvgIpc) is 1.57. The second-order valence-corrected chi connectivity index (χ2v) is 21.6.